The van der Waals surface area contributed by atoms with Crippen LogP contribution in [0.4, 0.5) is 0 Å². The molecule has 0 N–H and O–H groups in total. The zero-order valence-electron chi connectivity index (χ0n) is 7.52. The maximum absolute atomic E-state index is 5.78. The van der Waals surface area contributed by atoms with Gasteiger partial charge in [0.1, 0.15) is 5.75 Å². The minimum atomic E-state index is 0.488. The third-order valence-electron chi connectivity index (χ3n) is 1.62. The van der Waals surface area contributed by atoms with Crippen LogP contribution in [0.5, 0.6) is 11.6 Å². The molecule has 3 nitrogen and oxygen atoms in total. The van der Waals surface area contributed by atoms with Gasteiger partial charge >= 0.3 is 0 Å². The van der Waals surface area contributed by atoms with Crippen LogP contribution in [0.1, 0.15) is 0 Å². The van der Waals surface area contributed by atoms with Crippen LogP contribution in [0.3, 0.4) is 0 Å². The van der Waals surface area contributed by atoms with E-state index in [0.29, 0.717) is 16.7 Å². The van der Waals surface area contributed by atoms with Crippen molar-refractivity contribution in [1.82, 2.24) is 9.97 Å². The lowest BCUT2D eigenvalue weighted by Gasteiger charge is -2.05. The molecule has 2 aromatic heterocycles. The van der Waals surface area contributed by atoms with E-state index in [1.807, 2.05) is 12.1 Å². The average molecular weight is 286 g/mol. The van der Waals surface area contributed by atoms with E-state index in [2.05, 4.69) is 25.9 Å². The monoisotopic (exact) mass is 284 g/mol. The van der Waals surface area contributed by atoms with Gasteiger partial charge in [0.05, 0.1) is 15.7 Å². The summed E-state index contributed by atoms with van der Waals surface area (Å²) in [5.41, 5.74) is 0. The van der Waals surface area contributed by atoms with Gasteiger partial charge in [-0.3, -0.25) is 4.98 Å². The Hall–Kier alpha value is -1.13. The van der Waals surface area contributed by atoms with Gasteiger partial charge in [0.25, 0.3) is 0 Å². The van der Waals surface area contributed by atoms with Crippen LogP contribution in [0.15, 0.2) is 41.3 Å². The predicted octanol–water partition coefficient (Wildman–Crippen LogP) is 3.68. The molecule has 0 spiro atoms. The van der Waals surface area contributed by atoms with Crippen molar-refractivity contribution in [2.45, 2.75) is 0 Å². The van der Waals surface area contributed by atoms with Crippen molar-refractivity contribution in [3.63, 3.8) is 0 Å². The molecule has 0 aliphatic rings. The summed E-state index contributed by atoms with van der Waals surface area (Å²) in [6, 6.07) is 5.34. The second-order valence-corrected chi connectivity index (χ2v) is 4.02. The summed E-state index contributed by atoms with van der Waals surface area (Å²) in [6.45, 7) is 0. The highest BCUT2D eigenvalue weighted by molar-refractivity contribution is 9.10. The molecule has 2 heterocycles. The first-order valence-electron chi connectivity index (χ1n) is 4.14. The van der Waals surface area contributed by atoms with Crippen molar-refractivity contribution in [1.29, 1.82) is 0 Å². The lowest BCUT2D eigenvalue weighted by molar-refractivity contribution is 0.457. The molecule has 2 rings (SSSR count). The molecule has 15 heavy (non-hydrogen) atoms. The predicted molar refractivity (Wildman–Crippen MR) is 61.3 cm³/mol. The minimum absolute atomic E-state index is 0.488. The van der Waals surface area contributed by atoms with Crippen LogP contribution in [0.25, 0.3) is 0 Å². The average Bonchev–Trinajstić information content (AvgIpc) is 2.22. The number of aromatic nitrogens is 2. The molecule has 0 fully saturated rings. The van der Waals surface area contributed by atoms with E-state index < -0.39 is 0 Å². The highest BCUT2D eigenvalue weighted by atomic mass is 79.9. The van der Waals surface area contributed by atoms with Gasteiger partial charge in [-0.15, -0.1) is 0 Å². The smallest absolute Gasteiger partial charge is 0.233 e. The van der Waals surface area contributed by atoms with E-state index in [4.69, 9.17) is 16.3 Å². The fourth-order valence-electron chi connectivity index (χ4n) is 1.01. The topological polar surface area (TPSA) is 35.0 Å². The molecule has 0 radical (unpaired) electrons. The van der Waals surface area contributed by atoms with Crippen molar-refractivity contribution in [2.24, 2.45) is 0 Å². The number of hydrogen-bond acceptors (Lipinski definition) is 3. The Morgan fingerprint density at radius 1 is 1.33 bits per heavy atom. The third-order valence-corrected chi connectivity index (χ3v) is 2.43. The molecule has 0 saturated heterocycles. The lowest BCUT2D eigenvalue weighted by Crippen LogP contribution is -1.89. The second-order valence-electron chi connectivity index (χ2n) is 2.73. The van der Waals surface area contributed by atoms with E-state index in [0.717, 1.165) is 4.47 Å². The quantitative estimate of drug-likeness (QED) is 0.844. The fraction of sp³-hybridized carbons (Fsp3) is 0. The third kappa shape index (κ3) is 2.67. The van der Waals surface area contributed by atoms with E-state index in [1.54, 1.807) is 24.7 Å². The van der Waals surface area contributed by atoms with Crippen molar-refractivity contribution < 1.29 is 4.74 Å². The van der Waals surface area contributed by atoms with E-state index in [-0.39, 0.29) is 0 Å². The van der Waals surface area contributed by atoms with E-state index in [1.165, 1.54) is 0 Å². The minimum Gasteiger partial charge on any atom is -0.436 e. The molecule has 2 aromatic rings. The van der Waals surface area contributed by atoms with Gasteiger partial charge in [0.2, 0.25) is 5.88 Å². The van der Waals surface area contributed by atoms with Crippen molar-refractivity contribution in [3.8, 4) is 11.6 Å². The summed E-state index contributed by atoms with van der Waals surface area (Å²) >= 11 is 9.11. The Labute approximate surface area is 100 Å². The summed E-state index contributed by atoms with van der Waals surface area (Å²) in [5.74, 6) is 1.04. The van der Waals surface area contributed by atoms with Gasteiger partial charge in [-0.2, -0.15) is 0 Å². The van der Waals surface area contributed by atoms with Gasteiger partial charge in [-0.25, -0.2) is 4.98 Å². The first kappa shape index (κ1) is 10.4. The number of halogens is 2. The molecule has 76 valence electrons. The molecule has 5 heteroatoms. The van der Waals surface area contributed by atoms with Crippen LogP contribution in [0, 0.1) is 0 Å². The molecule has 0 saturated carbocycles. The number of nitrogens with zero attached hydrogens (tertiary/aromatic N) is 2. The summed E-state index contributed by atoms with van der Waals surface area (Å²) < 4.78 is 6.27. The normalized spacial score (nSPS) is 10.0. The van der Waals surface area contributed by atoms with Crippen LogP contribution < -0.4 is 4.74 Å². The van der Waals surface area contributed by atoms with E-state index >= 15 is 0 Å². The molecule has 0 amide bonds. The standard InChI is InChI=1S/C10H6BrClN2O/c11-9-2-1-3-14-10(9)15-8-4-7(12)5-13-6-8/h1-6H. The summed E-state index contributed by atoms with van der Waals surface area (Å²) in [5, 5.41) is 0.527. The molecule has 0 aliphatic heterocycles. The number of ether oxygens (including phenoxy) is 1. The summed E-state index contributed by atoms with van der Waals surface area (Å²) in [7, 11) is 0. The number of rotatable bonds is 2. The highest BCUT2D eigenvalue weighted by Crippen LogP contribution is 2.27. The number of hydrogen-bond donors (Lipinski definition) is 0. The zero-order chi connectivity index (χ0) is 10.7. The molecule has 0 aromatic carbocycles. The lowest BCUT2D eigenvalue weighted by atomic mass is 10.4. The maximum Gasteiger partial charge on any atom is 0.233 e. The van der Waals surface area contributed by atoms with Gasteiger partial charge in [-0.05, 0) is 28.1 Å². The molecular formula is C10H6BrClN2O. The molecule has 0 aliphatic carbocycles. The van der Waals surface area contributed by atoms with Gasteiger partial charge in [-0.1, -0.05) is 11.6 Å². The number of pyridine rings is 2. The highest BCUT2D eigenvalue weighted by Gasteiger charge is 2.03. The molecular weight excluding hydrogens is 279 g/mol. The van der Waals surface area contributed by atoms with Crippen LogP contribution in [0.2, 0.25) is 5.02 Å². The van der Waals surface area contributed by atoms with Crippen LogP contribution >= 0.6 is 27.5 Å². The summed E-state index contributed by atoms with van der Waals surface area (Å²) in [6.07, 6.45) is 4.77. The molecule has 0 unspecified atom stereocenters. The van der Waals surface area contributed by atoms with Gasteiger partial charge < -0.3 is 4.74 Å². The Bertz CT molecular complexity index is 478. The SMILES string of the molecule is Clc1cncc(Oc2ncccc2Br)c1. The first-order chi connectivity index (χ1) is 7.25. The van der Waals surface area contributed by atoms with Crippen LogP contribution in [-0.4, -0.2) is 9.97 Å². The zero-order valence-corrected chi connectivity index (χ0v) is 9.86. The first-order valence-corrected chi connectivity index (χ1v) is 5.32. The fourth-order valence-corrected chi connectivity index (χ4v) is 1.51. The van der Waals surface area contributed by atoms with Crippen molar-refractivity contribution in [2.75, 3.05) is 0 Å². The van der Waals surface area contributed by atoms with Crippen molar-refractivity contribution in [3.05, 3.63) is 46.3 Å². The van der Waals surface area contributed by atoms with Gasteiger partial charge in [0, 0.05) is 18.5 Å². The van der Waals surface area contributed by atoms with Crippen LogP contribution in [-0.2, 0) is 0 Å². The Morgan fingerprint density at radius 3 is 2.93 bits per heavy atom. The Kier molecular flexibility index (Phi) is 3.18. The Balaban J connectivity index is 2.26. The summed E-state index contributed by atoms with van der Waals surface area (Å²) in [4.78, 5) is 7.97. The van der Waals surface area contributed by atoms with E-state index in [9.17, 15) is 0 Å². The molecule has 0 atom stereocenters. The maximum atomic E-state index is 5.78. The van der Waals surface area contributed by atoms with Gasteiger partial charge in [0.15, 0.2) is 0 Å². The Morgan fingerprint density at radius 2 is 2.20 bits per heavy atom. The van der Waals surface area contributed by atoms with Crippen molar-refractivity contribution >= 4 is 27.5 Å². The largest absolute Gasteiger partial charge is 0.436 e. The molecule has 0 bridgehead atoms. The second kappa shape index (κ2) is 4.59.